The van der Waals surface area contributed by atoms with Crippen molar-refractivity contribution < 1.29 is 13.9 Å². The van der Waals surface area contributed by atoms with Gasteiger partial charge in [0.1, 0.15) is 5.82 Å². The zero-order valence-corrected chi connectivity index (χ0v) is 11.6. The average Bonchev–Trinajstić information content (AvgIpc) is 2.33. The van der Waals surface area contributed by atoms with Crippen molar-refractivity contribution in [2.45, 2.75) is 26.8 Å². The first-order valence-corrected chi connectivity index (χ1v) is 5.89. The van der Waals surface area contributed by atoms with E-state index in [2.05, 4.69) is 4.74 Å². The molecule has 0 aliphatic heterocycles. The van der Waals surface area contributed by atoms with Gasteiger partial charge < -0.3 is 10.5 Å². The number of esters is 1. The predicted octanol–water partition coefficient (Wildman–Crippen LogP) is 2.99. The minimum Gasteiger partial charge on any atom is -0.469 e. The van der Waals surface area contributed by atoms with E-state index >= 15 is 0 Å². The first-order valence-electron chi connectivity index (χ1n) is 5.52. The van der Waals surface area contributed by atoms with Crippen LogP contribution in [-0.2, 0) is 9.53 Å². The molecule has 1 aromatic rings. The topological polar surface area (TPSA) is 52.3 Å². The van der Waals surface area contributed by atoms with Gasteiger partial charge in [0, 0.05) is 11.6 Å². The van der Waals surface area contributed by atoms with Crippen molar-refractivity contribution in [1.82, 2.24) is 0 Å². The molecule has 1 aromatic carbocycles. The molecule has 0 saturated carbocycles. The highest BCUT2D eigenvalue weighted by atomic mass is 35.5. The minimum atomic E-state index is -1.06. The van der Waals surface area contributed by atoms with Crippen molar-refractivity contribution >= 4 is 17.6 Å². The standard InChI is InChI=1S/C13H17ClFNO2/c1-7-5-6-8(15)9(10(7)14)11(16)13(2,3)12(17)18-4/h5-6,11H,16H2,1-4H3/t11-/m1/s1. The largest absolute Gasteiger partial charge is 0.469 e. The third-order valence-corrected chi connectivity index (χ3v) is 3.62. The number of halogens is 2. The number of nitrogens with two attached hydrogens (primary N) is 1. The second-order valence-electron chi connectivity index (χ2n) is 4.78. The summed E-state index contributed by atoms with van der Waals surface area (Å²) in [4.78, 5) is 11.7. The summed E-state index contributed by atoms with van der Waals surface area (Å²) in [6.07, 6.45) is 0. The van der Waals surface area contributed by atoms with Crippen LogP contribution < -0.4 is 5.73 Å². The summed E-state index contributed by atoms with van der Waals surface area (Å²) in [5, 5.41) is 0.250. The monoisotopic (exact) mass is 273 g/mol. The number of hydrogen-bond donors (Lipinski definition) is 1. The van der Waals surface area contributed by atoms with Crippen LogP contribution in [0.2, 0.25) is 5.02 Å². The Balaban J connectivity index is 3.31. The number of rotatable bonds is 3. The van der Waals surface area contributed by atoms with Crippen LogP contribution in [0.15, 0.2) is 12.1 Å². The molecule has 0 fully saturated rings. The third kappa shape index (κ3) is 2.49. The molecule has 0 aromatic heterocycles. The van der Waals surface area contributed by atoms with Gasteiger partial charge in [-0.1, -0.05) is 17.7 Å². The number of carbonyl (C=O) groups is 1. The smallest absolute Gasteiger partial charge is 0.313 e. The Morgan fingerprint density at radius 3 is 2.56 bits per heavy atom. The van der Waals surface area contributed by atoms with Gasteiger partial charge in [0.2, 0.25) is 0 Å². The van der Waals surface area contributed by atoms with Crippen molar-refractivity contribution in [1.29, 1.82) is 0 Å². The van der Waals surface area contributed by atoms with Crippen LogP contribution in [0.3, 0.4) is 0 Å². The van der Waals surface area contributed by atoms with E-state index in [1.54, 1.807) is 26.8 Å². The summed E-state index contributed by atoms with van der Waals surface area (Å²) in [6, 6.07) is 1.99. The van der Waals surface area contributed by atoms with Crippen LogP contribution in [0.5, 0.6) is 0 Å². The molecule has 0 amide bonds. The summed E-state index contributed by atoms with van der Waals surface area (Å²) in [5.74, 6) is -1.03. The Labute approximate surface area is 111 Å². The summed E-state index contributed by atoms with van der Waals surface area (Å²) in [7, 11) is 1.27. The SMILES string of the molecule is COC(=O)C(C)(C)[C@H](N)c1c(F)ccc(C)c1Cl. The van der Waals surface area contributed by atoms with Gasteiger partial charge in [-0.15, -0.1) is 0 Å². The van der Waals surface area contributed by atoms with Gasteiger partial charge in [0.25, 0.3) is 0 Å². The number of carbonyl (C=O) groups excluding carboxylic acids is 1. The van der Waals surface area contributed by atoms with Crippen molar-refractivity contribution in [2.24, 2.45) is 11.1 Å². The Kier molecular flexibility index (Phi) is 4.35. The fourth-order valence-corrected chi connectivity index (χ4v) is 1.99. The first kappa shape index (κ1) is 14.9. The zero-order chi connectivity index (χ0) is 14.1. The maximum atomic E-state index is 13.9. The molecular weight excluding hydrogens is 257 g/mol. The molecule has 0 bridgehead atoms. The van der Waals surface area contributed by atoms with E-state index in [-0.39, 0.29) is 10.6 Å². The van der Waals surface area contributed by atoms with Gasteiger partial charge >= 0.3 is 5.97 Å². The van der Waals surface area contributed by atoms with Gasteiger partial charge in [0.05, 0.1) is 17.5 Å². The molecule has 0 aliphatic rings. The highest BCUT2D eigenvalue weighted by Gasteiger charge is 2.39. The second-order valence-corrected chi connectivity index (χ2v) is 5.16. The Bertz CT molecular complexity index is 474. The lowest BCUT2D eigenvalue weighted by Gasteiger charge is -2.30. The van der Waals surface area contributed by atoms with E-state index in [4.69, 9.17) is 17.3 Å². The van der Waals surface area contributed by atoms with E-state index in [1.807, 2.05) is 0 Å². The molecule has 5 heteroatoms. The summed E-state index contributed by atoms with van der Waals surface area (Å²) >= 11 is 6.08. The number of methoxy groups -OCH3 is 1. The predicted molar refractivity (Wildman–Crippen MR) is 68.9 cm³/mol. The van der Waals surface area contributed by atoms with Crippen LogP contribution in [0, 0.1) is 18.2 Å². The third-order valence-electron chi connectivity index (χ3n) is 3.12. The maximum Gasteiger partial charge on any atom is 0.313 e. The highest BCUT2D eigenvalue weighted by molar-refractivity contribution is 6.32. The van der Waals surface area contributed by atoms with Gasteiger partial charge in [-0.2, -0.15) is 0 Å². The Morgan fingerprint density at radius 2 is 2.06 bits per heavy atom. The molecule has 0 radical (unpaired) electrons. The molecule has 0 saturated heterocycles. The lowest BCUT2D eigenvalue weighted by atomic mass is 9.80. The van der Waals surface area contributed by atoms with Crippen molar-refractivity contribution in [3.05, 3.63) is 34.1 Å². The molecule has 3 nitrogen and oxygen atoms in total. The summed E-state index contributed by atoms with van der Waals surface area (Å²) < 4.78 is 18.5. The number of hydrogen-bond acceptors (Lipinski definition) is 3. The number of benzene rings is 1. The number of aryl methyl sites for hydroxylation is 1. The van der Waals surface area contributed by atoms with Crippen LogP contribution in [0.1, 0.15) is 31.0 Å². The molecule has 100 valence electrons. The normalized spacial score (nSPS) is 13.3. The van der Waals surface area contributed by atoms with Crippen LogP contribution in [0.4, 0.5) is 4.39 Å². The van der Waals surface area contributed by atoms with E-state index in [1.165, 1.54) is 13.2 Å². The zero-order valence-electron chi connectivity index (χ0n) is 10.9. The van der Waals surface area contributed by atoms with Crippen LogP contribution >= 0.6 is 11.6 Å². The molecule has 0 heterocycles. The molecule has 1 atom stereocenters. The van der Waals surface area contributed by atoms with E-state index < -0.39 is 23.2 Å². The average molecular weight is 274 g/mol. The fourth-order valence-electron chi connectivity index (χ4n) is 1.71. The minimum absolute atomic E-state index is 0.145. The van der Waals surface area contributed by atoms with Gasteiger partial charge in [-0.3, -0.25) is 4.79 Å². The molecule has 18 heavy (non-hydrogen) atoms. The quantitative estimate of drug-likeness (QED) is 0.862. The maximum absolute atomic E-state index is 13.9. The second kappa shape index (κ2) is 5.24. The molecule has 0 spiro atoms. The Hall–Kier alpha value is -1.13. The lowest BCUT2D eigenvalue weighted by molar-refractivity contribution is -0.152. The summed E-state index contributed by atoms with van der Waals surface area (Å²) in [6.45, 7) is 4.95. The molecule has 0 unspecified atom stereocenters. The Morgan fingerprint density at radius 1 is 1.50 bits per heavy atom. The van der Waals surface area contributed by atoms with E-state index in [0.29, 0.717) is 5.56 Å². The van der Waals surface area contributed by atoms with E-state index in [0.717, 1.165) is 0 Å². The van der Waals surface area contributed by atoms with E-state index in [9.17, 15) is 9.18 Å². The first-order chi connectivity index (χ1) is 8.23. The van der Waals surface area contributed by atoms with Crippen LogP contribution in [-0.4, -0.2) is 13.1 Å². The van der Waals surface area contributed by atoms with Gasteiger partial charge in [0.15, 0.2) is 0 Å². The molecule has 2 N–H and O–H groups in total. The lowest BCUT2D eigenvalue weighted by Crippen LogP contribution is -2.38. The molecular formula is C13H17ClFNO2. The van der Waals surface area contributed by atoms with Crippen molar-refractivity contribution in [2.75, 3.05) is 7.11 Å². The number of ether oxygens (including phenoxy) is 1. The van der Waals surface area contributed by atoms with Crippen molar-refractivity contribution in [3.63, 3.8) is 0 Å². The fraction of sp³-hybridized carbons (Fsp3) is 0.462. The summed E-state index contributed by atoms with van der Waals surface area (Å²) in [5.41, 5.74) is 5.79. The molecule has 0 aliphatic carbocycles. The highest BCUT2D eigenvalue weighted by Crippen LogP contribution is 2.38. The van der Waals surface area contributed by atoms with Crippen LogP contribution in [0.25, 0.3) is 0 Å². The van der Waals surface area contributed by atoms with Gasteiger partial charge in [-0.25, -0.2) is 4.39 Å². The van der Waals surface area contributed by atoms with Crippen molar-refractivity contribution in [3.8, 4) is 0 Å². The van der Waals surface area contributed by atoms with Gasteiger partial charge in [-0.05, 0) is 32.4 Å². The molecule has 1 rings (SSSR count).